The zero-order chi connectivity index (χ0) is 14.1. The van der Waals surface area contributed by atoms with Crippen LogP contribution in [0.4, 0.5) is 5.82 Å². The summed E-state index contributed by atoms with van der Waals surface area (Å²) < 4.78 is 1.21. The van der Waals surface area contributed by atoms with E-state index < -0.39 is 5.56 Å². The summed E-state index contributed by atoms with van der Waals surface area (Å²) in [4.78, 5) is 28.8. The van der Waals surface area contributed by atoms with Crippen molar-refractivity contribution in [3.05, 3.63) is 51.2 Å². The van der Waals surface area contributed by atoms with Crippen molar-refractivity contribution in [3.63, 3.8) is 0 Å². The molecule has 2 N–H and O–H groups in total. The second kappa shape index (κ2) is 4.88. The number of hydrogen-bond donors (Lipinski definition) is 2. The molecular formula is C14H15N3O3. The molecule has 0 atom stereocenters. The van der Waals surface area contributed by atoms with E-state index in [2.05, 4.69) is 9.88 Å². The molecule has 0 saturated carbocycles. The summed E-state index contributed by atoms with van der Waals surface area (Å²) in [7, 11) is 0. The van der Waals surface area contributed by atoms with E-state index in [1.54, 1.807) is 12.1 Å². The molecule has 104 valence electrons. The van der Waals surface area contributed by atoms with Gasteiger partial charge in [0.1, 0.15) is 17.3 Å². The molecule has 3 rings (SSSR count). The highest BCUT2D eigenvalue weighted by molar-refractivity contribution is 5.44. The molecule has 20 heavy (non-hydrogen) atoms. The van der Waals surface area contributed by atoms with E-state index >= 15 is 0 Å². The van der Waals surface area contributed by atoms with E-state index in [1.165, 1.54) is 16.8 Å². The van der Waals surface area contributed by atoms with E-state index in [4.69, 9.17) is 0 Å². The van der Waals surface area contributed by atoms with Crippen LogP contribution in [0.25, 0.3) is 5.69 Å². The van der Waals surface area contributed by atoms with Crippen molar-refractivity contribution < 1.29 is 5.11 Å². The monoisotopic (exact) mass is 273 g/mol. The van der Waals surface area contributed by atoms with Gasteiger partial charge in [-0.1, -0.05) is 0 Å². The molecule has 0 aromatic carbocycles. The molecule has 0 unspecified atom stereocenters. The summed E-state index contributed by atoms with van der Waals surface area (Å²) in [5, 5.41) is 9.24. The van der Waals surface area contributed by atoms with Crippen molar-refractivity contribution in [1.82, 2.24) is 9.55 Å². The first-order chi connectivity index (χ1) is 9.65. The molecule has 1 saturated heterocycles. The molecule has 0 amide bonds. The first-order valence-corrected chi connectivity index (χ1v) is 6.55. The number of aromatic hydroxyl groups is 1. The van der Waals surface area contributed by atoms with Crippen LogP contribution in [0, 0.1) is 0 Å². The van der Waals surface area contributed by atoms with Crippen LogP contribution >= 0.6 is 0 Å². The van der Waals surface area contributed by atoms with Gasteiger partial charge in [0.05, 0.1) is 0 Å². The fourth-order valence-corrected chi connectivity index (χ4v) is 2.46. The summed E-state index contributed by atoms with van der Waals surface area (Å²) in [6.07, 6.45) is 3.64. The third-order valence-electron chi connectivity index (χ3n) is 3.48. The smallest absolute Gasteiger partial charge is 0.273 e. The quantitative estimate of drug-likeness (QED) is 0.849. The molecule has 0 bridgehead atoms. The van der Waals surface area contributed by atoms with Crippen LogP contribution in [-0.2, 0) is 0 Å². The predicted octanol–water partition coefficient (Wildman–Crippen LogP) is 0.832. The summed E-state index contributed by atoms with van der Waals surface area (Å²) in [6, 6.07) is 5.88. The molecule has 0 radical (unpaired) electrons. The van der Waals surface area contributed by atoms with Crippen molar-refractivity contribution in [2.45, 2.75) is 12.8 Å². The lowest BCUT2D eigenvalue weighted by molar-refractivity contribution is 0.473. The van der Waals surface area contributed by atoms with Gasteiger partial charge in [-0.2, -0.15) is 0 Å². The number of hydrogen-bond acceptors (Lipinski definition) is 4. The van der Waals surface area contributed by atoms with Crippen molar-refractivity contribution in [2.24, 2.45) is 0 Å². The minimum Gasteiger partial charge on any atom is -0.508 e. The molecule has 6 nitrogen and oxygen atoms in total. The maximum absolute atomic E-state index is 12.1. The lowest BCUT2D eigenvalue weighted by Gasteiger charge is -2.17. The first kappa shape index (κ1) is 12.5. The van der Waals surface area contributed by atoms with Gasteiger partial charge in [-0.05, 0) is 31.0 Å². The van der Waals surface area contributed by atoms with Gasteiger partial charge in [0.2, 0.25) is 0 Å². The van der Waals surface area contributed by atoms with Gasteiger partial charge in [-0.25, -0.2) is 0 Å². The lowest BCUT2D eigenvalue weighted by Crippen LogP contribution is -2.27. The van der Waals surface area contributed by atoms with E-state index in [1.807, 2.05) is 0 Å². The van der Waals surface area contributed by atoms with Crippen LogP contribution < -0.4 is 16.0 Å². The highest BCUT2D eigenvalue weighted by Crippen LogP contribution is 2.16. The van der Waals surface area contributed by atoms with Crippen molar-refractivity contribution in [2.75, 3.05) is 18.0 Å². The number of pyridine rings is 2. The SMILES string of the molecule is O=c1[nH]c(N2CCCC2)ccc1-n1ccc(O)cc1=O. The van der Waals surface area contributed by atoms with Crippen LogP contribution in [0.2, 0.25) is 0 Å². The molecule has 2 aromatic rings. The van der Waals surface area contributed by atoms with Gasteiger partial charge in [0, 0.05) is 25.4 Å². The minimum atomic E-state index is -0.440. The van der Waals surface area contributed by atoms with Crippen LogP contribution in [0.3, 0.4) is 0 Å². The summed E-state index contributed by atoms with van der Waals surface area (Å²) in [5.41, 5.74) is -0.510. The van der Waals surface area contributed by atoms with Gasteiger partial charge in [-0.15, -0.1) is 0 Å². The summed E-state index contributed by atoms with van der Waals surface area (Å²) in [5.74, 6) is 0.666. The Morgan fingerprint density at radius 1 is 1.10 bits per heavy atom. The molecule has 1 fully saturated rings. The Morgan fingerprint density at radius 3 is 2.50 bits per heavy atom. The molecule has 0 aliphatic carbocycles. The maximum atomic E-state index is 12.1. The van der Waals surface area contributed by atoms with Gasteiger partial charge in [-0.3, -0.25) is 14.2 Å². The Hall–Kier alpha value is -2.50. The molecule has 2 aromatic heterocycles. The molecular weight excluding hydrogens is 258 g/mol. The Morgan fingerprint density at radius 2 is 1.85 bits per heavy atom. The van der Waals surface area contributed by atoms with Crippen molar-refractivity contribution >= 4 is 5.82 Å². The average Bonchev–Trinajstić information content (AvgIpc) is 2.93. The normalized spacial score (nSPS) is 14.7. The zero-order valence-electron chi connectivity index (χ0n) is 10.9. The third kappa shape index (κ3) is 2.20. The predicted molar refractivity (Wildman–Crippen MR) is 75.8 cm³/mol. The number of H-pyrrole nitrogens is 1. The molecule has 3 heterocycles. The average molecular weight is 273 g/mol. The van der Waals surface area contributed by atoms with Gasteiger partial charge in [0.25, 0.3) is 11.1 Å². The van der Waals surface area contributed by atoms with Crippen LogP contribution in [0.1, 0.15) is 12.8 Å². The Balaban J connectivity index is 2.02. The Kier molecular flexibility index (Phi) is 3.06. The van der Waals surface area contributed by atoms with Gasteiger partial charge in [0.15, 0.2) is 0 Å². The minimum absolute atomic E-state index is 0.114. The zero-order valence-corrected chi connectivity index (χ0v) is 10.9. The first-order valence-electron chi connectivity index (χ1n) is 6.55. The third-order valence-corrected chi connectivity index (χ3v) is 3.48. The lowest BCUT2D eigenvalue weighted by atomic mass is 10.3. The number of aromatic amines is 1. The van der Waals surface area contributed by atoms with Crippen LogP contribution in [0.15, 0.2) is 40.1 Å². The number of nitrogens with one attached hydrogen (secondary N) is 1. The van der Waals surface area contributed by atoms with Gasteiger partial charge >= 0.3 is 0 Å². The highest BCUT2D eigenvalue weighted by Gasteiger charge is 2.14. The Bertz CT molecular complexity index is 742. The highest BCUT2D eigenvalue weighted by atomic mass is 16.3. The van der Waals surface area contributed by atoms with E-state index in [-0.39, 0.29) is 17.0 Å². The second-order valence-corrected chi connectivity index (χ2v) is 4.85. The molecule has 6 heteroatoms. The van der Waals surface area contributed by atoms with E-state index in [0.29, 0.717) is 0 Å². The number of anilines is 1. The topological polar surface area (TPSA) is 78.3 Å². The largest absolute Gasteiger partial charge is 0.508 e. The molecule has 0 spiro atoms. The van der Waals surface area contributed by atoms with Crippen LogP contribution in [0.5, 0.6) is 5.75 Å². The molecule has 1 aliphatic heterocycles. The van der Waals surface area contributed by atoms with E-state index in [9.17, 15) is 14.7 Å². The molecule has 1 aliphatic rings. The standard InChI is InChI=1S/C14H15N3O3/c18-10-5-8-17(13(19)9-10)11-3-4-12(15-14(11)20)16-6-1-2-7-16/h3-5,8-9,18H,1-2,6-7H2,(H,15,20). The maximum Gasteiger partial charge on any atom is 0.273 e. The number of nitrogens with zero attached hydrogens (tertiary/aromatic N) is 2. The van der Waals surface area contributed by atoms with Crippen molar-refractivity contribution in [3.8, 4) is 11.4 Å². The fraction of sp³-hybridized carbons (Fsp3) is 0.286. The summed E-state index contributed by atoms with van der Waals surface area (Å²) in [6.45, 7) is 1.88. The number of rotatable bonds is 2. The van der Waals surface area contributed by atoms with E-state index in [0.717, 1.165) is 37.8 Å². The van der Waals surface area contributed by atoms with Crippen LogP contribution in [-0.4, -0.2) is 27.7 Å². The fourth-order valence-electron chi connectivity index (χ4n) is 2.46. The summed E-state index contributed by atoms with van der Waals surface area (Å²) >= 11 is 0. The number of aromatic nitrogens is 2. The van der Waals surface area contributed by atoms with Gasteiger partial charge < -0.3 is 15.0 Å². The Labute approximate surface area is 114 Å². The second-order valence-electron chi connectivity index (χ2n) is 4.85. The van der Waals surface area contributed by atoms with Crippen molar-refractivity contribution in [1.29, 1.82) is 0 Å².